The SMILES string of the molecule is COc1ccc(NC(=O)c2ccccc2)c(-c2cnc(N)nc2)c1NC(=O)CN1CCOCC1. The summed E-state index contributed by atoms with van der Waals surface area (Å²) in [6.45, 7) is 2.73. The first kappa shape index (κ1) is 23.1. The number of benzene rings is 2. The van der Waals surface area contributed by atoms with Gasteiger partial charge in [0.1, 0.15) is 5.75 Å². The van der Waals surface area contributed by atoms with Gasteiger partial charge in [-0.05, 0) is 24.3 Å². The summed E-state index contributed by atoms with van der Waals surface area (Å²) in [6.07, 6.45) is 3.07. The Bertz CT molecular complexity index is 1150. The molecule has 2 aromatic carbocycles. The van der Waals surface area contributed by atoms with Gasteiger partial charge in [-0.25, -0.2) is 9.97 Å². The molecule has 1 fully saturated rings. The molecule has 2 heterocycles. The monoisotopic (exact) mass is 462 g/mol. The van der Waals surface area contributed by atoms with E-state index in [2.05, 4.69) is 20.6 Å². The zero-order chi connectivity index (χ0) is 23.9. The van der Waals surface area contributed by atoms with Crippen LogP contribution in [0.15, 0.2) is 54.9 Å². The molecule has 0 radical (unpaired) electrons. The van der Waals surface area contributed by atoms with Gasteiger partial charge in [0.25, 0.3) is 5.91 Å². The van der Waals surface area contributed by atoms with Gasteiger partial charge in [-0.2, -0.15) is 0 Å². The Morgan fingerprint density at radius 2 is 1.76 bits per heavy atom. The van der Waals surface area contributed by atoms with E-state index in [1.54, 1.807) is 36.4 Å². The zero-order valence-corrected chi connectivity index (χ0v) is 18.8. The first-order valence-electron chi connectivity index (χ1n) is 10.8. The van der Waals surface area contributed by atoms with Crippen LogP contribution in [0.3, 0.4) is 0 Å². The Morgan fingerprint density at radius 3 is 2.44 bits per heavy atom. The van der Waals surface area contributed by atoms with E-state index in [-0.39, 0.29) is 24.3 Å². The minimum Gasteiger partial charge on any atom is -0.495 e. The van der Waals surface area contributed by atoms with Crippen LogP contribution in [0, 0.1) is 0 Å². The highest BCUT2D eigenvalue weighted by Crippen LogP contribution is 2.41. The Hall–Kier alpha value is -4.02. The van der Waals surface area contributed by atoms with Gasteiger partial charge < -0.3 is 25.8 Å². The molecule has 4 rings (SSSR count). The summed E-state index contributed by atoms with van der Waals surface area (Å²) in [5.41, 5.74) is 8.10. The molecule has 1 saturated heterocycles. The standard InChI is InChI=1S/C24H26N6O4/c1-33-19-8-7-18(28-23(32)16-5-3-2-4-6-16)21(17-13-26-24(25)27-14-17)22(19)29-20(31)15-30-9-11-34-12-10-30/h2-8,13-14H,9-12,15H2,1H3,(H,28,32)(H,29,31)(H2,25,26,27). The fraction of sp³-hybridized carbons (Fsp3) is 0.250. The third kappa shape index (κ3) is 5.48. The average molecular weight is 463 g/mol. The maximum absolute atomic E-state index is 13.0. The van der Waals surface area contributed by atoms with Gasteiger partial charge in [-0.3, -0.25) is 14.5 Å². The molecule has 176 valence electrons. The summed E-state index contributed by atoms with van der Waals surface area (Å²) >= 11 is 0. The molecule has 1 aliphatic rings. The van der Waals surface area contributed by atoms with Crippen molar-refractivity contribution in [3.05, 3.63) is 60.4 Å². The van der Waals surface area contributed by atoms with Crippen LogP contribution >= 0.6 is 0 Å². The summed E-state index contributed by atoms with van der Waals surface area (Å²) in [4.78, 5) is 36.0. The molecule has 0 bridgehead atoms. The Kier molecular flexibility index (Phi) is 7.31. The molecule has 0 aliphatic carbocycles. The lowest BCUT2D eigenvalue weighted by Crippen LogP contribution is -2.41. The summed E-state index contributed by atoms with van der Waals surface area (Å²) in [6, 6.07) is 12.2. The van der Waals surface area contributed by atoms with E-state index in [1.807, 2.05) is 11.0 Å². The smallest absolute Gasteiger partial charge is 0.255 e. The molecule has 4 N–H and O–H groups in total. The van der Waals surface area contributed by atoms with Crippen molar-refractivity contribution in [2.75, 3.05) is 56.3 Å². The second-order valence-corrected chi connectivity index (χ2v) is 7.65. The number of nitrogens with one attached hydrogen (secondary N) is 2. The number of rotatable bonds is 7. The second kappa shape index (κ2) is 10.7. The molecule has 1 aliphatic heterocycles. The summed E-state index contributed by atoms with van der Waals surface area (Å²) in [5.74, 6) is 0.0256. The predicted molar refractivity (Wildman–Crippen MR) is 129 cm³/mol. The number of methoxy groups -OCH3 is 1. The fourth-order valence-electron chi connectivity index (χ4n) is 3.67. The number of nitrogen functional groups attached to an aromatic ring is 1. The third-order valence-electron chi connectivity index (χ3n) is 5.37. The number of morpholine rings is 1. The maximum Gasteiger partial charge on any atom is 0.255 e. The summed E-state index contributed by atoms with van der Waals surface area (Å²) < 4.78 is 10.9. The van der Waals surface area contributed by atoms with Crippen molar-refractivity contribution in [3.63, 3.8) is 0 Å². The van der Waals surface area contributed by atoms with E-state index < -0.39 is 0 Å². The number of amides is 2. The van der Waals surface area contributed by atoms with E-state index >= 15 is 0 Å². The van der Waals surface area contributed by atoms with E-state index in [1.165, 1.54) is 19.5 Å². The van der Waals surface area contributed by atoms with Gasteiger partial charge in [0.05, 0.1) is 38.2 Å². The van der Waals surface area contributed by atoms with Crippen LogP contribution in [-0.4, -0.2) is 66.6 Å². The molecule has 0 saturated carbocycles. The summed E-state index contributed by atoms with van der Waals surface area (Å²) in [5, 5.41) is 5.89. The molecule has 10 heteroatoms. The molecule has 10 nitrogen and oxygen atoms in total. The second-order valence-electron chi connectivity index (χ2n) is 7.65. The van der Waals surface area contributed by atoms with E-state index in [0.29, 0.717) is 60.1 Å². The largest absolute Gasteiger partial charge is 0.495 e. The average Bonchev–Trinajstić information content (AvgIpc) is 2.86. The van der Waals surface area contributed by atoms with Crippen molar-refractivity contribution in [2.45, 2.75) is 0 Å². The molecule has 0 spiro atoms. The minimum absolute atomic E-state index is 0.111. The third-order valence-corrected chi connectivity index (χ3v) is 5.37. The maximum atomic E-state index is 13.0. The van der Waals surface area contributed by atoms with Gasteiger partial charge in [0.15, 0.2) is 0 Å². The first-order valence-corrected chi connectivity index (χ1v) is 10.8. The van der Waals surface area contributed by atoms with Crippen LogP contribution in [-0.2, 0) is 9.53 Å². The van der Waals surface area contributed by atoms with Gasteiger partial charge in [0.2, 0.25) is 11.9 Å². The van der Waals surface area contributed by atoms with Gasteiger partial charge in [0, 0.05) is 42.2 Å². The van der Waals surface area contributed by atoms with Crippen LogP contribution in [0.2, 0.25) is 0 Å². The van der Waals surface area contributed by atoms with Crippen molar-refractivity contribution < 1.29 is 19.1 Å². The Balaban J connectivity index is 1.71. The van der Waals surface area contributed by atoms with Crippen molar-refractivity contribution >= 4 is 29.1 Å². The molecule has 2 amide bonds. The molecular weight excluding hydrogens is 436 g/mol. The van der Waals surface area contributed by atoms with Crippen LogP contribution in [0.5, 0.6) is 5.75 Å². The quantitative estimate of drug-likeness (QED) is 0.487. The van der Waals surface area contributed by atoms with Crippen molar-refractivity contribution in [1.82, 2.24) is 14.9 Å². The molecule has 0 unspecified atom stereocenters. The fourth-order valence-corrected chi connectivity index (χ4v) is 3.67. The zero-order valence-electron chi connectivity index (χ0n) is 18.8. The number of carbonyl (C=O) groups excluding carboxylic acids is 2. The number of aromatic nitrogens is 2. The number of hydrogen-bond acceptors (Lipinski definition) is 8. The Morgan fingerprint density at radius 1 is 1.06 bits per heavy atom. The van der Waals surface area contributed by atoms with E-state index in [0.717, 1.165) is 0 Å². The lowest BCUT2D eigenvalue weighted by Gasteiger charge is -2.26. The van der Waals surface area contributed by atoms with Crippen molar-refractivity contribution in [2.24, 2.45) is 0 Å². The summed E-state index contributed by atoms with van der Waals surface area (Å²) in [7, 11) is 1.51. The van der Waals surface area contributed by atoms with Gasteiger partial charge in [-0.1, -0.05) is 18.2 Å². The molecule has 0 atom stereocenters. The number of nitrogens with two attached hydrogens (primary N) is 1. The van der Waals surface area contributed by atoms with Crippen molar-refractivity contribution in [1.29, 1.82) is 0 Å². The Labute approximate surface area is 197 Å². The predicted octanol–water partition coefficient (Wildman–Crippen LogP) is 2.26. The lowest BCUT2D eigenvalue weighted by molar-refractivity contribution is -0.118. The number of nitrogens with zero attached hydrogens (tertiary/aromatic N) is 3. The van der Waals surface area contributed by atoms with E-state index in [4.69, 9.17) is 15.2 Å². The highest BCUT2D eigenvalue weighted by Gasteiger charge is 2.22. The van der Waals surface area contributed by atoms with Gasteiger partial charge >= 0.3 is 0 Å². The first-order chi connectivity index (χ1) is 16.5. The van der Waals surface area contributed by atoms with Crippen LogP contribution in [0.4, 0.5) is 17.3 Å². The molecule has 34 heavy (non-hydrogen) atoms. The number of hydrogen-bond donors (Lipinski definition) is 3. The number of anilines is 3. The van der Waals surface area contributed by atoms with E-state index in [9.17, 15) is 9.59 Å². The number of carbonyl (C=O) groups is 2. The van der Waals surface area contributed by atoms with Crippen LogP contribution in [0.25, 0.3) is 11.1 Å². The molecular formula is C24H26N6O4. The topological polar surface area (TPSA) is 132 Å². The normalized spacial score (nSPS) is 13.8. The highest BCUT2D eigenvalue weighted by atomic mass is 16.5. The van der Waals surface area contributed by atoms with Crippen LogP contribution < -0.4 is 21.1 Å². The van der Waals surface area contributed by atoms with Crippen molar-refractivity contribution in [3.8, 4) is 16.9 Å². The number of ether oxygens (including phenoxy) is 2. The minimum atomic E-state index is -0.297. The molecule has 3 aromatic rings. The van der Waals surface area contributed by atoms with Gasteiger partial charge in [-0.15, -0.1) is 0 Å². The molecule has 1 aromatic heterocycles. The van der Waals surface area contributed by atoms with Crippen LogP contribution in [0.1, 0.15) is 10.4 Å². The lowest BCUT2D eigenvalue weighted by atomic mass is 10.0. The highest BCUT2D eigenvalue weighted by molar-refractivity contribution is 6.09.